The van der Waals surface area contributed by atoms with Crippen molar-refractivity contribution >= 4 is 5.91 Å². The van der Waals surface area contributed by atoms with Crippen LogP contribution in [0.3, 0.4) is 0 Å². The molecule has 0 fully saturated rings. The summed E-state index contributed by atoms with van der Waals surface area (Å²) in [5.41, 5.74) is 0. The van der Waals surface area contributed by atoms with Gasteiger partial charge in [-0.1, -0.05) is 13.8 Å². The van der Waals surface area contributed by atoms with Gasteiger partial charge in [-0.3, -0.25) is 4.79 Å². The predicted octanol–water partition coefficient (Wildman–Crippen LogP) is 0.0374. The second-order valence-electron chi connectivity index (χ2n) is 2.90. The number of rotatable bonds is 4. The molecule has 0 rings (SSSR count). The highest BCUT2D eigenvalue weighted by molar-refractivity contribution is 5.78. The van der Waals surface area contributed by atoms with Gasteiger partial charge in [-0.2, -0.15) is 0 Å². The van der Waals surface area contributed by atoms with Crippen molar-refractivity contribution in [2.45, 2.75) is 26.8 Å². The van der Waals surface area contributed by atoms with Gasteiger partial charge >= 0.3 is 0 Å². The minimum Gasteiger partial charge on any atom is -0.351 e. The number of nitrogens with one attached hydrogen (secondary N) is 1. The Hall–Kier alpha value is -0.610. The molecule has 0 aromatic carbocycles. The average Bonchev–Trinajstić information content (AvgIpc) is 1.87. The predicted molar refractivity (Wildman–Crippen MR) is 42.6 cm³/mol. The average molecular weight is 160 g/mol. The monoisotopic (exact) mass is 160 g/mol. The standard InChI is InChI=1S/C7H16N2O2/c1-5(2)7(10)9-6(3)4-11-8/h5-6H,4,8H2,1-3H3,(H,9,10). The Labute approximate surface area is 67.0 Å². The van der Waals surface area contributed by atoms with E-state index in [1.165, 1.54) is 0 Å². The highest BCUT2D eigenvalue weighted by atomic mass is 16.6. The first-order valence-electron chi connectivity index (χ1n) is 3.70. The van der Waals surface area contributed by atoms with Crippen LogP contribution in [0.2, 0.25) is 0 Å². The molecule has 11 heavy (non-hydrogen) atoms. The summed E-state index contributed by atoms with van der Waals surface area (Å²) in [7, 11) is 0. The zero-order chi connectivity index (χ0) is 8.85. The van der Waals surface area contributed by atoms with Crippen molar-refractivity contribution in [1.29, 1.82) is 0 Å². The van der Waals surface area contributed by atoms with E-state index in [9.17, 15) is 4.79 Å². The Morgan fingerprint density at radius 2 is 2.09 bits per heavy atom. The first-order chi connectivity index (χ1) is 5.07. The normalized spacial score (nSPS) is 13.2. The quantitative estimate of drug-likeness (QED) is 0.570. The van der Waals surface area contributed by atoms with Crippen molar-refractivity contribution in [2.75, 3.05) is 6.61 Å². The van der Waals surface area contributed by atoms with Crippen LogP contribution < -0.4 is 11.2 Å². The lowest BCUT2D eigenvalue weighted by Gasteiger charge is -2.13. The third-order valence-corrected chi connectivity index (χ3v) is 1.26. The Morgan fingerprint density at radius 1 is 1.55 bits per heavy atom. The van der Waals surface area contributed by atoms with E-state index in [0.29, 0.717) is 6.61 Å². The number of nitrogens with two attached hydrogens (primary N) is 1. The fourth-order valence-electron chi connectivity index (χ4n) is 0.596. The summed E-state index contributed by atoms with van der Waals surface area (Å²) >= 11 is 0. The van der Waals surface area contributed by atoms with Crippen LogP contribution in [-0.4, -0.2) is 18.6 Å². The van der Waals surface area contributed by atoms with Crippen LogP contribution in [0.5, 0.6) is 0 Å². The summed E-state index contributed by atoms with van der Waals surface area (Å²) in [6.45, 7) is 5.86. The van der Waals surface area contributed by atoms with Gasteiger partial charge in [0.05, 0.1) is 12.6 Å². The van der Waals surface area contributed by atoms with Gasteiger partial charge in [-0.05, 0) is 6.92 Å². The molecule has 0 aromatic heterocycles. The Kier molecular flexibility index (Phi) is 4.81. The maximum Gasteiger partial charge on any atom is 0.222 e. The van der Waals surface area contributed by atoms with E-state index in [-0.39, 0.29) is 17.9 Å². The molecule has 0 bridgehead atoms. The highest BCUT2D eigenvalue weighted by Crippen LogP contribution is 1.92. The number of amides is 1. The van der Waals surface area contributed by atoms with E-state index in [2.05, 4.69) is 10.2 Å². The summed E-state index contributed by atoms with van der Waals surface area (Å²) in [6.07, 6.45) is 0. The molecule has 1 unspecified atom stereocenters. The zero-order valence-electron chi connectivity index (χ0n) is 7.26. The van der Waals surface area contributed by atoms with Gasteiger partial charge in [-0.25, -0.2) is 5.90 Å². The number of carbonyl (C=O) groups excluding carboxylic acids is 1. The van der Waals surface area contributed by atoms with Gasteiger partial charge in [-0.15, -0.1) is 0 Å². The van der Waals surface area contributed by atoms with E-state index in [1.807, 2.05) is 20.8 Å². The van der Waals surface area contributed by atoms with E-state index in [4.69, 9.17) is 5.90 Å². The lowest BCUT2D eigenvalue weighted by Crippen LogP contribution is -2.38. The number of hydrogen-bond acceptors (Lipinski definition) is 3. The molecule has 66 valence electrons. The Morgan fingerprint density at radius 3 is 2.45 bits per heavy atom. The molecule has 0 aliphatic carbocycles. The molecule has 1 amide bonds. The number of carbonyl (C=O) groups is 1. The minimum atomic E-state index is -0.0186. The fourth-order valence-corrected chi connectivity index (χ4v) is 0.596. The second-order valence-corrected chi connectivity index (χ2v) is 2.90. The van der Waals surface area contributed by atoms with Crippen LogP contribution in [0.15, 0.2) is 0 Å². The van der Waals surface area contributed by atoms with E-state index in [1.54, 1.807) is 0 Å². The summed E-state index contributed by atoms with van der Waals surface area (Å²) < 4.78 is 0. The minimum absolute atomic E-state index is 0.00947. The molecule has 0 saturated carbocycles. The van der Waals surface area contributed by atoms with Crippen molar-refractivity contribution < 1.29 is 9.63 Å². The van der Waals surface area contributed by atoms with Crippen molar-refractivity contribution in [2.24, 2.45) is 11.8 Å². The van der Waals surface area contributed by atoms with Crippen LogP contribution in [-0.2, 0) is 9.63 Å². The smallest absolute Gasteiger partial charge is 0.222 e. The molecule has 3 N–H and O–H groups in total. The molecule has 0 aliphatic rings. The van der Waals surface area contributed by atoms with Gasteiger partial charge in [0, 0.05) is 5.92 Å². The Bertz CT molecular complexity index is 126. The Balaban J connectivity index is 3.57. The lowest BCUT2D eigenvalue weighted by atomic mass is 10.2. The third-order valence-electron chi connectivity index (χ3n) is 1.26. The van der Waals surface area contributed by atoms with E-state index < -0.39 is 0 Å². The molecule has 0 radical (unpaired) electrons. The molecular weight excluding hydrogens is 144 g/mol. The third kappa shape index (κ3) is 4.75. The molecular formula is C7H16N2O2. The SMILES string of the molecule is CC(CON)NC(=O)C(C)C. The van der Waals surface area contributed by atoms with E-state index in [0.717, 1.165) is 0 Å². The fraction of sp³-hybridized carbons (Fsp3) is 0.857. The van der Waals surface area contributed by atoms with E-state index >= 15 is 0 Å². The van der Waals surface area contributed by atoms with Crippen molar-refractivity contribution in [3.05, 3.63) is 0 Å². The molecule has 0 spiro atoms. The first-order valence-corrected chi connectivity index (χ1v) is 3.70. The van der Waals surface area contributed by atoms with Gasteiger partial charge in [0.15, 0.2) is 0 Å². The van der Waals surface area contributed by atoms with Crippen molar-refractivity contribution in [3.8, 4) is 0 Å². The van der Waals surface area contributed by atoms with Crippen LogP contribution in [0, 0.1) is 5.92 Å². The van der Waals surface area contributed by atoms with Crippen LogP contribution in [0.1, 0.15) is 20.8 Å². The summed E-state index contributed by atoms with van der Waals surface area (Å²) in [6, 6.07) is -0.0186. The van der Waals surface area contributed by atoms with Crippen LogP contribution in [0.4, 0.5) is 0 Å². The molecule has 0 heterocycles. The molecule has 1 atom stereocenters. The molecule has 0 aliphatic heterocycles. The largest absolute Gasteiger partial charge is 0.351 e. The summed E-state index contributed by atoms with van der Waals surface area (Å²) in [5.74, 6) is 4.86. The van der Waals surface area contributed by atoms with Gasteiger partial charge < -0.3 is 10.2 Å². The number of hydrogen-bond donors (Lipinski definition) is 2. The van der Waals surface area contributed by atoms with Gasteiger partial charge in [0.2, 0.25) is 5.91 Å². The van der Waals surface area contributed by atoms with Crippen molar-refractivity contribution in [3.63, 3.8) is 0 Å². The molecule has 4 heteroatoms. The second kappa shape index (κ2) is 5.09. The van der Waals surface area contributed by atoms with Crippen LogP contribution in [0.25, 0.3) is 0 Å². The van der Waals surface area contributed by atoms with Gasteiger partial charge in [0.1, 0.15) is 0 Å². The van der Waals surface area contributed by atoms with Gasteiger partial charge in [0.25, 0.3) is 0 Å². The topological polar surface area (TPSA) is 64.3 Å². The van der Waals surface area contributed by atoms with Crippen LogP contribution >= 0.6 is 0 Å². The van der Waals surface area contributed by atoms with Crippen molar-refractivity contribution in [1.82, 2.24) is 5.32 Å². The summed E-state index contributed by atoms with van der Waals surface area (Å²) in [4.78, 5) is 15.4. The lowest BCUT2D eigenvalue weighted by molar-refractivity contribution is -0.125. The molecule has 0 saturated heterocycles. The zero-order valence-corrected chi connectivity index (χ0v) is 7.26. The first kappa shape index (κ1) is 10.4. The summed E-state index contributed by atoms with van der Waals surface area (Å²) in [5, 5.41) is 2.74. The molecule has 4 nitrogen and oxygen atoms in total. The molecule has 0 aromatic rings. The maximum atomic E-state index is 11.0. The maximum absolute atomic E-state index is 11.0. The highest BCUT2D eigenvalue weighted by Gasteiger charge is 2.09.